The predicted molar refractivity (Wildman–Crippen MR) is 109 cm³/mol. The van der Waals surface area contributed by atoms with Gasteiger partial charge in [-0.15, -0.1) is 0 Å². The summed E-state index contributed by atoms with van der Waals surface area (Å²) in [5.74, 6) is 0. The van der Waals surface area contributed by atoms with Gasteiger partial charge in [0.25, 0.3) is 5.69 Å². The van der Waals surface area contributed by atoms with Gasteiger partial charge in [-0.1, -0.05) is 36.4 Å². The van der Waals surface area contributed by atoms with E-state index in [0.717, 1.165) is 11.4 Å². The number of nitro benzene ring substituents is 1. The molecule has 3 aromatic rings. The van der Waals surface area contributed by atoms with Gasteiger partial charge in [0, 0.05) is 29.2 Å². The van der Waals surface area contributed by atoms with Gasteiger partial charge in [0.1, 0.15) is 13.3 Å². The number of urea groups is 1. The van der Waals surface area contributed by atoms with Crippen molar-refractivity contribution in [2.45, 2.75) is 0 Å². The molecule has 2 amide bonds. The number of carbonyl (C=O) groups excluding carboxylic acids is 1. The van der Waals surface area contributed by atoms with Crippen molar-refractivity contribution in [2.75, 3.05) is 28.0 Å². The first kappa shape index (κ1) is 17.5. The highest BCUT2D eigenvalue weighted by Crippen LogP contribution is 2.28. The quantitative estimate of drug-likeness (QED) is 0.499. The Hall–Kier alpha value is -3.87. The molecule has 4 rings (SSSR count). The highest BCUT2D eigenvalue weighted by Gasteiger charge is 2.32. The third-order valence-corrected chi connectivity index (χ3v) is 4.65. The molecule has 0 atom stereocenters. The van der Waals surface area contributed by atoms with Crippen LogP contribution in [0.3, 0.4) is 0 Å². The van der Waals surface area contributed by atoms with Crippen LogP contribution in [0.15, 0.2) is 84.9 Å². The Morgan fingerprint density at radius 1 is 0.679 bits per heavy atom. The average molecular weight is 374 g/mol. The molecular weight excluding hydrogens is 356 g/mol. The fourth-order valence-corrected chi connectivity index (χ4v) is 3.20. The van der Waals surface area contributed by atoms with Gasteiger partial charge in [-0.3, -0.25) is 19.9 Å². The molecule has 0 bridgehead atoms. The number of benzene rings is 3. The summed E-state index contributed by atoms with van der Waals surface area (Å²) in [4.78, 5) is 29.1. The number of rotatable bonds is 4. The van der Waals surface area contributed by atoms with Gasteiger partial charge < -0.3 is 4.90 Å². The van der Waals surface area contributed by atoms with Gasteiger partial charge >= 0.3 is 6.03 Å². The number of para-hydroxylation sites is 2. The van der Waals surface area contributed by atoms with Gasteiger partial charge in [-0.05, 0) is 36.4 Å². The van der Waals surface area contributed by atoms with Crippen LogP contribution < -0.4 is 14.7 Å². The van der Waals surface area contributed by atoms with E-state index in [2.05, 4.69) is 4.90 Å². The average Bonchev–Trinajstić information content (AvgIpc) is 2.75. The minimum Gasteiger partial charge on any atom is -0.335 e. The summed E-state index contributed by atoms with van der Waals surface area (Å²) >= 11 is 0. The Bertz CT molecular complexity index is 978. The third kappa shape index (κ3) is 3.37. The molecule has 1 saturated heterocycles. The second-order valence-corrected chi connectivity index (χ2v) is 6.41. The Balaban J connectivity index is 1.71. The summed E-state index contributed by atoms with van der Waals surface area (Å²) < 4.78 is 0. The van der Waals surface area contributed by atoms with Crippen LogP contribution in [-0.4, -0.2) is 24.3 Å². The van der Waals surface area contributed by atoms with Crippen molar-refractivity contribution in [3.8, 4) is 0 Å². The van der Waals surface area contributed by atoms with Crippen LogP contribution in [0.5, 0.6) is 0 Å². The van der Waals surface area contributed by atoms with Crippen molar-refractivity contribution in [3.63, 3.8) is 0 Å². The Morgan fingerprint density at radius 3 is 1.64 bits per heavy atom. The van der Waals surface area contributed by atoms with Gasteiger partial charge in [-0.2, -0.15) is 0 Å². The number of non-ortho nitro benzene ring substituents is 1. The van der Waals surface area contributed by atoms with E-state index in [-0.39, 0.29) is 11.7 Å². The monoisotopic (exact) mass is 374 g/mol. The molecule has 0 unspecified atom stereocenters. The molecule has 3 aromatic carbocycles. The maximum atomic E-state index is 13.2. The zero-order valence-electron chi connectivity index (χ0n) is 15.0. The lowest BCUT2D eigenvalue weighted by Gasteiger charge is -2.43. The Labute approximate surface area is 162 Å². The lowest BCUT2D eigenvalue weighted by Crippen LogP contribution is -2.59. The van der Waals surface area contributed by atoms with E-state index >= 15 is 0 Å². The zero-order valence-corrected chi connectivity index (χ0v) is 15.0. The molecule has 7 heteroatoms. The van der Waals surface area contributed by atoms with Crippen LogP contribution >= 0.6 is 0 Å². The number of nitro groups is 1. The largest absolute Gasteiger partial charge is 0.335 e. The number of hydrogen-bond acceptors (Lipinski definition) is 4. The summed E-state index contributed by atoms with van der Waals surface area (Å²) in [6.45, 7) is 0.764. The maximum absolute atomic E-state index is 13.2. The first-order chi connectivity index (χ1) is 13.6. The van der Waals surface area contributed by atoms with Crippen molar-refractivity contribution in [3.05, 3.63) is 95.0 Å². The number of amides is 2. The molecule has 7 nitrogen and oxygen atoms in total. The van der Waals surface area contributed by atoms with Crippen LogP contribution in [0.4, 0.5) is 27.5 Å². The molecule has 140 valence electrons. The molecule has 1 aliphatic rings. The summed E-state index contributed by atoms with van der Waals surface area (Å²) in [5.41, 5.74) is 2.38. The smallest absolute Gasteiger partial charge is 0.331 e. The Kier molecular flexibility index (Phi) is 4.63. The van der Waals surface area contributed by atoms with Crippen LogP contribution in [0, 0.1) is 10.1 Å². The number of carbonyl (C=O) groups is 1. The first-order valence-electron chi connectivity index (χ1n) is 8.82. The second kappa shape index (κ2) is 7.40. The molecule has 0 aromatic heterocycles. The molecule has 1 heterocycles. The highest BCUT2D eigenvalue weighted by atomic mass is 16.6. The van der Waals surface area contributed by atoms with Crippen molar-refractivity contribution in [2.24, 2.45) is 0 Å². The van der Waals surface area contributed by atoms with E-state index < -0.39 is 4.92 Å². The van der Waals surface area contributed by atoms with E-state index in [1.165, 1.54) is 12.1 Å². The summed E-state index contributed by atoms with van der Waals surface area (Å²) in [7, 11) is 0. The Morgan fingerprint density at radius 2 is 1.14 bits per heavy atom. The molecule has 1 aliphatic heterocycles. The minimum absolute atomic E-state index is 0.00644. The maximum Gasteiger partial charge on any atom is 0.331 e. The summed E-state index contributed by atoms with van der Waals surface area (Å²) in [6.07, 6.45) is 0. The van der Waals surface area contributed by atoms with Gasteiger partial charge in [0.2, 0.25) is 0 Å². The van der Waals surface area contributed by atoms with E-state index in [4.69, 9.17) is 0 Å². The zero-order chi connectivity index (χ0) is 19.5. The van der Waals surface area contributed by atoms with Crippen molar-refractivity contribution >= 4 is 28.8 Å². The SMILES string of the molecule is O=C1N(c2ccccc2)CN(c2ccccc2)CN1c1ccc([N+](=O)[O-])cc1. The van der Waals surface area contributed by atoms with Crippen LogP contribution in [0.25, 0.3) is 0 Å². The van der Waals surface area contributed by atoms with Gasteiger partial charge in [0.05, 0.1) is 4.92 Å². The summed E-state index contributed by atoms with van der Waals surface area (Å²) in [5, 5.41) is 10.9. The van der Waals surface area contributed by atoms with Crippen molar-refractivity contribution in [1.29, 1.82) is 0 Å². The molecule has 28 heavy (non-hydrogen) atoms. The standard InChI is InChI=1S/C21H18N4O3/c26-21-23(18-9-5-2-6-10-18)15-22(17-7-3-1-4-8-17)16-24(21)19-11-13-20(14-12-19)25(27)28/h1-14H,15-16H2. The minimum atomic E-state index is -0.450. The fourth-order valence-electron chi connectivity index (χ4n) is 3.20. The lowest BCUT2D eigenvalue weighted by molar-refractivity contribution is -0.384. The molecule has 0 aliphatic carbocycles. The van der Waals surface area contributed by atoms with Crippen molar-refractivity contribution in [1.82, 2.24) is 0 Å². The number of hydrogen-bond donors (Lipinski definition) is 0. The van der Waals surface area contributed by atoms with Gasteiger partial charge in [-0.25, -0.2) is 4.79 Å². The molecule has 0 N–H and O–H groups in total. The van der Waals surface area contributed by atoms with Crippen LogP contribution in [0.1, 0.15) is 0 Å². The lowest BCUT2D eigenvalue weighted by atomic mass is 10.2. The molecule has 1 fully saturated rings. The molecule has 0 saturated carbocycles. The molecule has 0 radical (unpaired) electrons. The first-order valence-corrected chi connectivity index (χ1v) is 8.82. The van der Waals surface area contributed by atoms with Crippen molar-refractivity contribution < 1.29 is 9.72 Å². The van der Waals surface area contributed by atoms with Gasteiger partial charge in [0.15, 0.2) is 0 Å². The molecule has 0 spiro atoms. The normalized spacial score (nSPS) is 14.3. The topological polar surface area (TPSA) is 69.9 Å². The fraction of sp³-hybridized carbons (Fsp3) is 0.0952. The molecular formula is C21H18N4O3. The number of anilines is 3. The van der Waals surface area contributed by atoms with E-state index in [1.807, 2.05) is 60.7 Å². The predicted octanol–water partition coefficient (Wildman–Crippen LogP) is 4.46. The van der Waals surface area contributed by atoms with E-state index in [0.29, 0.717) is 19.0 Å². The van der Waals surface area contributed by atoms with Crippen LogP contribution in [-0.2, 0) is 0 Å². The second-order valence-electron chi connectivity index (χ2n) is 6.41. The number of nitrogens with zero attached hydrogens (tertiary/aromatic N) is 4. The van der Waals surface area contributed by atoms with E-state index in [1.54, 1.807) is 21.9 Å². The third-order valence-electron chi connectivity index (χ3n) is 4.65. The van der Waals surface area contributed by atoms with E-state index in [9.17, 15) is 14.9 Å². The summed E-state index contributed by atoms with van der Waals surface area (Å²) in [6, 6.07) is 25.2. The highest BCUT2D eigenvalue weighted by molar-refractivity contribution is 6.05. The van der Waals surface area contributed by atoms with Crippen LogP contribution in [0.2, 0.25) is 0 Å².